The Kier molecular flexibility index (Phi) is 9.72. The van der Waals surface area contributed by atoms with Gasteiger partial charge in [0.2, 0.25) is 0 Å². The van der Waals surface area contributed by atoms with E-state index >= 15 is 0 Å². The molecule has 0 bridgehead atoms. The molecular formula is C20H41N5O. The largest absolute Gasteiger partial charge is 0.382 e. The predicted molar refractivity (Wildman–Crippen MR) is 110 cm³/mol. The van der Waals surface area contributed by atoms with Gasteiger partial charge in [0.15, 0.2) is 5.96 Å². The molecule has 0 unspecified atom stereocenters. The predicted octanol–water partition coefficient (Wildman–Crippen LogP) is 1.78. The fourth-order valence-electron chi connectivity index (χ4n) is 4.22. The summed E-state index contributed by atoms with van der Waals surface area (Å²) in [5.74, 6) is 0.944. The van der Waals surface area contributed by atoms with Gasteiger partial charge in [-0.05, 0) is 58.2 Å². The molecule has 1 aliphatic carbocycles. The second-order valence-electron chi connectivity index (χ2n) is 8.01. The van der Waals surface area contributed by atoms with Crippen molar-refractivity contribution in [1.29, 1.82) is 0 Å². The average molecular weight is 368 g/mol. The highest BCUT2D eigenvalue weighted by Crippen LogP contribution is 2.40. The molecule has 1 saturated heterocycles. The summed E-state index contributed by atoms with van der Waals surface area (Å²) in [7, 11) is 4.09. The van der Waals surface area contributed by atoms with Crippen LogP contribution in [-0.4, -0.2) is 88.9 Å². The Labute approximate surface area is 160 Å². The zero-order valence-electron chi connectivity index (χ0n) is 17.4. The van der Waals surface area contributed by atoms with Crippen LogP contribution in [0.25, 0.3) is 0 Å². The van der Waals surface area contributed by atoms with Crippen LogP contribution in [0, 0.1) is 5.41 Å². The van der Waals surface area contributed by atoms with Crippen LogP contribution in [0.4, 0.5) is 0 Å². The molecule has 0 aromatic heterocycles. The van der Waals surface area contributed by atoms with Crippen LogP contribution < -0.4 is 10.6 Å². The fraction of sp³-hybridized carbons (Fsp3) is 0.950. The van der Waals surface area contributed by atoms with Crippen LogP contribution in [0.1, 0.15) is 45.4 Å². The molecule has 0 aromatic carbocycles. The van der Waals surface area contributed by atoms with Crippen molar-refractivity contribution in [1.82, 2.24) is 20.4 Å². The summed E-state index contributed by atoms with van der Waals surface area (Å²) in [6, 6.07) is 0. The van der Waals surface area contributed by atoms with Crippen molar-refractivity contribution in [3.63, 3.8) is 0 Å². The molecule has 0 amide bonds. The van der Waals surface area contributed by atoms with E-state index in [1.54, 1.807) is 0 Å². The zero-order chi connectivity index (χ0) is 18.7. The summed E-state index contributed by atoms with van der Waals surface area (Å²) < 4.78 is 5.62. The molecule has 26 heavy (non-hydrogen) atoms. The molecule has 2 aliphatic rings. The van der Waals surface area contributed by atoms with Gasteiger partial charge in [-0.15, -0.1) is 0 Å². The SMILES string of the molecule is CCOCCC1(CNC(=NC)NCCN2CCCN(C)CC2)CCCC1. The molecule has 2 rings (SSSR count). The number of ether oxygens (including phenoxy) is 1. The molecule has 0 radical (unpaired) electrons. The third-order valence-electron chi connectivity index (χ3n) is 6.03. The lowest BCUT2D eigenvalue weighted by atomic mass is 9.83. The van der Waals surface area contributed by atoms with Gasteiger partial charge in [-0.2, -0.15) is 0 Å². The fourth-order valence-corrected chi connectivity index (χ4v) is 4.22. The number of aliphatic imine (C=N–C) groups is 1. The van der Waals surface area contributed by atoms with Crippen molar-refractivity contribution < 1.29 is 4.74 Å². The average Bonchev–Trinajstić information content (AvgIpc) is 3.01. The Morgan fingerprint density at radius 1 is 1.08 bits per heavy atom. The van der Waals surface area contributed by atoms with Crippen molar-refractivity contribution >= 4 is 5.96 Å². The highest BCUT2D eigenvalue weighted by Gasteiger charge is 2.33. The van der Waals surface area contributed by atoms with Gasteiger partial charge in [0.25, 0.3) is 0 Å². The Balaban J connectivity index is 1.69. The van der Waals surface area contributed by atoms with E-state index in [4.69, 9.17) is 4.74 Å². The molecule has 0 aromatic rings. The highest BCUT2D eigenvalue weighted by molar-refractivity contribution is 5.79. The lowest BCUT2D eigenvalue weighted by molar-refractivity contribution is 0.105. The second-order valence-corrected chi connectivity index (χ2v) is 8.01. The van der Waals surface area contributed by atoms with Crippen molar-refractivity contribution in [3.05, 3.63) is 0 Å². The van der Waals surface area contributed by atoms with Gasteiger partial charge in [0.05, 0.1) is 0 Å². The van der Waals surface area contributed by atoms with E-state index in [0.29, 0.717) is 5.41 Å². The first-order valence-electron chi connectivity index (χ1n) is 10.6. The maximum Gasteiger partial charge on any atom is 0.191 e. The molecule has 152 valence electrons. The van der Waals surface area contributed by atoms with Crippen LogP contribution in [0.15, 0.2) is 4.99 Å². The number of nitrogens with one attached hydrogen (secondary N) is 2. The minimum absolute atomic E-state index is 0.391. The quantitative estimate of drug-likeness (QED) is 0.370. The minimum atomic E-state index is 0.391. The number of guanidine groups is 1. The molecule has 6 heteroatoms. The number of rotatable bonds is 9. The standard InChI is InChI=1S/C20H41N5O/c1-4-26-17-10-20(8-5-6-9-20)18-23-19(21-2)22-11-14-25-13-7-12-24(3)15-16-25/h4-18H2,1-3H3,(H2,21,22,23). The van der Waals surface area contributed by atoms with E-state index in [0.717, 1.165) is 45.2 Å². The van der Waals surface area contributed by atoms with E-state index in [2.05, 4.69) is 39.4 Å². The third-order valence-corrected chi connectivity index (χ3v) is 6.03. The van der Waals surface area contributed by atoms with Crippen molar-refractivity contribution in [2.45, 2.75) is 45.4 Å². The summed E-state index contributed by atoms with van der Waals surface area (Å²) in [6.07, 6.45) is 7.75. The van der Waals surface area contributed by atoms with Gasteiger partial charge >= 0.3 is 0 Å². The van der Waals surface area contributed by atoms with E-state index < -0.39 is 0 Å². The summed E-state index contributed by atoms with van der Waals surface area (Å²) in [5.41, 5.74) is 0.391. The van der Waals surface area contributed by atoms with E-state index in [1.807, 2.05) is 7.05 Å². The molecule has 0 atom stereocenters. The molecule has 6 nitrogen and oxygen atoms in total. The number of likely N-dealkylation sites (N-methyl/N-ethyl adjacent to an activating group) is 1. The Morgan fingerprint density at radius 2 is 1.88 bits per heavy atom. The molecule has 1 saturated carbocycles. The molecule has 2 fully saturated rings. The Bertz CT molecular complexity index is 409. The van der Waals surface area contributed by atoms with E-state index in [1.165, 1.54) is 58.3 Å². The number of hydrogen-bond donors (Lipinski definition) is 2. The molecule has 2 N–H and O–H groups in total. The van der Waals surface area contributed by atoms with Crippen molar-refractivity contribution in [2.75, 3.05) is 73.1 Å². The molecule has 0 spiro atoms. The maximum atomic E-state index is 5.62. The first-order chi connectivity index (χ1) is 12.7. The van der Waals surface area contributed by atoms with Gasteiger partial charge in [-0.25, -0.2) is 0 Å². The van der Waals surface area contributed by atoms with Gasteiger partial charge in [-0.1, -0.05) is 12.8 Å². The van der Waals surface area contributed by atoms with E-state index in [-0.39, 0.29) is 0 Å². The van der Waals surface area contributed by atoms with Crippen molar-refractivity contribution in [2.24, 2.45) is 10.4 Å². The van der Waals surface area contributed by atoms with Gasteiger partial charge < -0.3 is 25.2 Å². The minimum Gasteiger partial charge on any atom is -0.382 e. The molecule has 1 aliphatic heterocycles. The third kappa shape index (κ3) is 7.41. The lowest BCUT2D eigenvalue weighted by Gasteiger charge is -2.30. The van der Waals surface area contributed by atoms with Gasteiger partial charge in [0.1, 0.15) is 0 Å². The van der Waals surface area contributed by atoms with Gasteiger partial charge in [0, 0.05) is 53.0 Å². The first kappa shape index (κ1) is 21.5. The first-order valence-corrected chi connectivity index (χ1v) is 10.6. The molecule has 1 heterocycles. The summed E-state index contributed by atoms with van der Waals surface area (Å²) in [5, 5.41) is 7.10. The maximum absolute atomic E-state index is 5.62. The number of nitrogens with zero attached hydrogens (tertiary/aromatic N) is 3. The Hall–Kier alpha value is -0.850. The van der Waals surface area contributed by atoms with Crippen LogP contribution in [0.5, 0.6) is 0 Å². The normalized spacial score (nSPS) is 22.3. The van der Waals surface area contributed by atoms with Crippen LogP contribution in [-0.2, 0) is 4.74 Å². The van der Waals surface area contributed by atoms with Gasteiger partial charge in [-0.3, -0.25) is 4.99 Å². The summed E-state index contributed by atoms with van der Waals surface area (Å²) in [4.78, 5) is 9.41. The van der Waals surface area contributed by atoms with Crippen LogP contribution in [0.2, 0.25) is 0 Å². The van der Waals surface area contributed by atoms with E-state index in [9.17, 15) is 0 Å². The number of hydrogen-bond acceptors (Lipinski definition) is 4. The highest BCUT2D eigenvalue weighted by atomic mass is 16.5. The molecular weight excluding hydrogens is 326 g/mol. The van der Waals surface area contributed by atoms with Crippen molar-refractivity contribution in [3.8, 4) is 0 Å². The summed E-state index contributed by atoms with van der Waals surface area (Å²) >= 11 is 0. The van der Waals surface area contributed by atoms with Crippen LogP contribution in [0.3, 0.4) is 0 Å². The summed E-state index contributed by atoms with van der Waals surface area (Å²) in [6.45, 7) is 11.6. The topological polar surface area (TPSA) is 52.1 Å². The second kappa shape index (κ2) is 11.8. The lowest BCUT2D eigenvalue weighted by Crippen LogP contribution is -2.45. The van der Waals surface area contributed by atoms with Crippen LogP contribution >= 0.6 is 0 Å². The monoisotopic (exact) mass is 367 g/mol. The zero-order valence-corrected chi connectivity index (χ0v) is 17.4. The Morgan fingerprint density at radius 3 is 2.62 bits per heavy atom. The smallest absolute Gasteiger partial charge is 0.191 e.